The molecular formula is C22H15F4N3OS. The Morgan fingerprint density at radius 3 is 2.35 bits per heavy atom. The third-order valence-corrected chi connectivity index (χ3v) is 5.21. The molecule has 0 aliphatic heterocycles. The Hall–Kier alpha value is -3.46. The summed E-state index contributed by atoms with van der Waals surface area (Å²) in [7, 11) is 1.55. The minimum Gasteiger partial charge on any atom is -0.497 e. The molecule has 0 unspecified atom stereocenters. The average Bonchev–Trinajstić information content (AvgIpc) is 3.40. The molecule has 0 radical (unpaired) electrons. The van der Waals surface area contributed by atoms with Crippen molar-refractivity contribution in [3.63, 3.8) is 0 Å². The number of ether oxygens (including phenoxy) is 1. The number of hydrogen-bond donors (Lipinski definition) is 0. The first-order valence-corrected chi connectivity index (χ1v) is 9.93. The number of hydrogen-bond acceptors (Lipinski definition) is 4. The van der Waals surface area contributed by atoms with E-state index < -0.39 is 17.7 Å². The monoisotopic (exact) mass is 445 g/mol. The van der Waals surface area contributed by atoms with Gasteiger partial charge in [0.25, 0.3) is 0 Å². The molecule has 0 spiro atoms. The first-order valence-electron chi connectivity index (χ1n) is 9.05. The van der Waals surface area contributed by atoms with Crippen LogP contribution in [0.25, 0.3) is 28.5 Å². The van der Waals surface area contributed by atoms with E-state index in [1.165, 1.54) is 30.3 Å². The van der Waals surface area contributed by atoms with Crippen LogP contribution in [0.3, 0.4) is 0 Å². The van der Waals surface area contributed by atoms with Crippen molar-refractivity contribution >= 4 is 23.5 Å². The molecule has 4 rings (SSSR count). The molecule has 9 heteroatoms. The van der Waals surface area contributed by atoms with E-state index in [-0.39, 0.29) is 10.8 Å². The summed E-state index contributed by atoms with van der Waals surface area (Å²) in [6, 6.07) is 13.6. The molecular weight excluding hydrogens is 430 g/mol. The van der Waals surface area contributed by atoms with Crippen molar-refractivity contribution in [3.05, 3.63) is 82.7 Å². The van der Waals surface area contributed by atoms with Gasteiger partial charge < -0.3 is 4.74 Å². The maximum absolute atomic E-state index is 13.6. The molecule has 2 aromatic heterocycles. The number of thiazole rings is 1. The molecule has 2 aromatic carbocycles. The van der Waals surface area contributed by atoms with E-state index in [0.29, 0.717) is 17.0 Å². The van der Waals surface area contributed by atoms with Crippen molar-refractivity contribution in [2.45, 2.75) is 6.18 Å². The standard InChI is InChI=1S/C22H15F4N3OS/c1-30-18-10-3-14(4-11-18)2-9-17-12-20(22(24,25)26)29(28-17)21-27-19(13-31-21)15-5-7-16(23)8-6-15/h2-13H,1H3. The number of aromatic nitrogens is 3. The number of benzene rings is 2. The largest absolute Gasteiger partial charge is 0.497 e. The number of alkyl halides is 3. The first kappa shape index (κ1) is 20.8. The van der Waals surface area contributed by atoms with E-state index >= 15 is 0 Å². The molecule has 0 fully saturated rings. The van der Waals surface area contributed by atoms with Gasteiger partial charge in [0.1, 0.15) is 11.6 Å². The van der Waals surface area contributed by atoms with Gasteiger partial charge in [0.2, 0.25) is 5.13 Å². The molecule has 31 heavy (non-hydrogen) atoms. The minimum absolute atomic E-state index is 0.0655. The zero-order valence-electron chi connectivity index (χ0n) is 16.1. The fourth-order valence-electron chi connectivity index (χ4n) is 2.84. The van der Waals surface area contributed by atoms with Gasteiger partial charge in [-0.2, -0.15) is 18.3 Å². The van der Waals surface area contributed by atoms with E-state index in [9.17, 15) is 17.6 Å². The Morgan fingerprint density at radius 1 is 1.00 bits per heavy atom. The zero-order valence-corrected chi connectivity index (χ0v) is 16.9. The molecule has 0 N–H and O–H groups in total. The van der Waals surface area contributed by atoms with Crippen LogP contribution in [0.15, 0.2) is 60.0 Å². The summed E-state index contributed by atoms with van der Waals surface area (Å²) >= 11 is 1.02. The Labute approximate surface area is 179 Å². The van der Waals surface area contributed by atoms with Crippen LogP contribution >= 0.6 is 11.3 Å². The molecule has 0 bridgehead atoms. The number of nitrogens with zero attached hydrogens (tertiary/aromatic N) is 3. The summed E-state index contributed by atoms with van der Waals surface area (Å²) in [6.07, 6.45) is -1.44. The van der Waals surface area contributed by atoms with Crippen molar-refractivity contribution < 1.29 is 22.3 Å². The highest BCUT2D eigenvalue weighted by Gasteiger charge is 2.36. The normalized spacial score (nSPS) is 11.9. The second kappa shape index (κ2) is 8.35. The van der Waals surface area contributed by atoms with Gasteiger partial charge in [0.05, 0.1) is 18.5 Å². The summed E-state index contributed by atoms with van der Waals surface area (Å²) in [5, 5.41) is 5.76. The Kier molecular flexibility index (Phi) is 5.60. The molecule has 4 aromatic rings. The third-order valence-electron chi connectivity index (χ3n) is 4.39. The topological polar surface area (TPSA) is 39.9 Å². The van der Waals surface area contributed by atoms with Gasteiger partial charge in [0, 0.05) is 10.9 Å². The van der Waals surface area contributed by atoms with Crippen molar-refractivity contribution in [2.75, 3.05) is 7.11 Å². The number of methoxy groups -OCH3 is 1. The number of halogens is 4. The number of rotatable bonds is 5. The lowest BCUT2D eigenvalue weighted by Crippen LogP contribution is -2.13. The Bertz CT molecular complexity index is 1210. The smallest absolute Gasteiger partial charge is 0.433 e. The van der Waals surface area contributed by atoms with Crippen LogP contribution in [0.2, 0.25) is 0 Å². The second-order valence-electron chi connectivity index (χ2n) is 6.49. The highest BCUT2D eigenvalue weighted by molar-refractivity contribution is 7.12. The van der Waals surface area contributed by atoms with Crippen molar-refractivity contribution in [3.8, 4) is 22.1 Å². The molecule has 0 aliphatic rings. The lowest BCUT2D eigenvalue weighted by atomic mass is 10.2. The van der Waals surface area contributed by atoms with Gasteiger partial charge in [-0.3, -0.25) is 0 Å². The molecule has 158 valence electrons. The fraction of sp³-hybridized carbons (Fsp3) is 0.0909. The van der Waals surface area contributed by atoms with Gasteiger partial charge in [-0.1, -0.05) is 18.2 Å². The molecule has 2 heterocycles. The van der Waals surface area contributed by atoms with Crippen LogP contribution < -0.4 is 4.74 Å². The summed E-state index contributed by atoms with van der Waals surface area (Å²) in [5.74, 6) is 0.278. The van der Waals surface area contributed by atoms with Crippen LogP contribution in [-0.4, -0.2) is 21.9 Å². The predicted molar refractivity (Wildman–Crippen MR) is 112 cm³/mol. The first-order chi connectivity index (χ1) is 14.8. The van der Waals surface area contributed by atoms with E-state index in [1.54, 1.807) is 42.8 Å². The van der Waals surface area contributed by atoms with Crippen LogP contribution in [0.1, 0.15) is 17.0 Å². The average molecular weight is 445 g/mol. The molecule has 0 saturated carbocycles. The lowest BCUT2D eigenvalue weighted by Gasteiger charge is -2.07. The zero-order chi connectivity index (χ0) is 22.0. The van der Waals surface area contributed by atoms with Crippen LogP contribution in [0.4, 0.5) is 17.6 Å². The van der Waals surface area contributed by atoms with E-state index in [0.717, 1.165) is 27.6 Å². The van der Waals surface area contributed by atoms with Gasteiger partial charge in [-0.25, -0.2) is 14.1 Å². The van der Waals surface area contributed by atoms with Gasteiger partial charge in [0.15, 0.2) is 5.69 Å². The van der Waals surface area contributed by atoms with Gasteiger partial charge in [-0.15, -0.1) is 11.3 Å². The Balaban J connectivity index is 1.66. The molecule has 4 nitrogen and oxygen atoms in total. The summed E-state index contributed by atoms with van der Waals surface area (Å²) < 4.78 is 59.8. The summed E-state index contributed by atoms with van der Waals surface area (Å²) in [5.41, 5.74) is 1.04. The maximum atomic E-state index is 13.6. The van der Waals surface area contributed by atoms with Crippen molar-refractivity contribution in [1.82, 2.24) is 14.8 Å². The highest BCUT2D eigenvalue weighted by Crippen LogP contribution is 2.34. The van der Waals surface area contributed by atoms with E-state index in [2.05, 4.69) is 10.1 Å². The van der Waals surface area contributed by atoms with Crippen LogP contribution in [-0.2, 0) is 6.18 Å². The quantitative estimate of drug-likeness (QED) is 0.337. The van der Waals surface area contributed by atoms with Crippen LogP contribution in [0, 0.1) is 5.82 Å². The lowest BCUT2D eigenvalue weighted by molar-refractivity contribution is -0.142. The second-order valence-corrected chi connectivity index (χ2v) is 7.33. The van der Waals surface area contributed by atoms with Crippen LogP contribution in [0.5, 0.6) is 5.75 Å². The van der Waals surface area contributed by atoms with Gasteiger partial charge in [-0.05, 0) is 54.1 Å². The molecule has 0 atom stereocenters. The molecule has 0 saturated heterocycles. The minimum atomic E-state index is -4.61. The molecule has 0 aliphatic carbocycles. The molecule has 0 amide bonds. The van der Waals surface area contributed by atoms with Crippen molar-refractivity contribution in [2.24, 2.45) is 0 Å². The van der Waals surface area contributed by atoms with E-state index in [4.69, 9.17) is 4.74 Å². The SMILES string of the molecule is COc1ccc(C=Cc2cc(C(F)(F)F)n(-c3nc(-c4ccc(F)cc4)cs3)n2)cc1. The predicted octanol–water partition coefficient (Wildman–Crippen LogP) is 6.33. The van der Waals surface area contributed by atoms with Crippen molar-refractivity contribution in [1.29, 1.82) is 0 Å². The summed E-state index contributed by atoms with van der Waals surface area (Å²) in [6.45, 7) is 0. The van der Waals surface area contributed by atoms with Gasteiger partial charge >= 0.3 is 6.18 Å². The fourth-order valence-corrected chi connectivity index (χ4v) is 3.64. The third kappa shape index (κ3) is 4.66. The summed E-state index contributed by atoms with van der Waals surface area (Å²) in [4.78, 5) is 4.26. The Morgan fingerprint density at radius 2 is 1.71 bits per heavy atom. The highest BCUT2D eigenvalue weighted by atomic mass is 32.1. The maximum Gasteiger partial charge on any atom is 0.433 e. The van der Waals surface area contributed by atoms with E-state index in [1.807, 2.05) is 0 Å².